The number of pyridine rings is 8. The topological polar surface area (TPSA) is 500 Å². The number of nitrogens with one attached hydrogen (secondary N) is 8. The largest absolute Gasteiger partial charge is 0.379 e. The third kappa shape index (κ3) is 23.1. The number of nitrogens with zero attached hydrogens (tertiary/aromatic N) is 18. The maximum atomic E-state index is 12.7. The van der Waals surface area contributed by atoms with Crippen molar-refractivity contribution in [2.24, 2.45) is 5.73 Å². The summed E-state index contributed by atoms with van der Waals surface area (Å²) in [7, 11) is 0. The Kier molecular flexibility index (Phi) is 37.3. The van der Waals surface area contributed by atoms with Gasteiger partial charge in [-0.3, -0.25) is 86.3 Å². The van der Waals surface area contributed by atoms with Crippen LogP contribution in [0, 0.1) is 61.2 Å². The molecule has 16 heterocycles. The number of rotatable bonds is 24. The average molecular weight is 2040 g/mol. The number of imidazole rings is 7. The molecule has 0 unspecified atom stereocenters. The second-order valence-electron chi connectivity index (χ2n) is 31.5. The summed E-state index contributed by atoms with van der Waals surface area (Å²) in [6.07, 6.45) is 30.7. The molecule has 1 aliphatic heterocycles. The van der Waals surface area contributed by atoms with Crippen LogP contribution in [0.2, 0.25) is 30.3 Å². The molecule has 0 saturated carbocycles. The molecule has 716 valence electrons. The van der Waals surface area contributed by atoms with Gasteiger partial charge >= 0.3 is 39.8 Å². The Labute approximate surface area is 817 Å². The number of fused-ring (bicyclic) bond motifs is 7. The van der Waals surface area contributed by atoms with Crippen LogP contribution in [0.1, 0.15) is 226 Å². The molecular weight excluding hydrogens is 1940 g/mol. The number of carbonyl (C=O) groups is 2. The van der Waals surface area contributed by atoms with Crippen LogP contribution >= 0.6 is 85.5 Å². The minimum absolute atomic E-state index is 0.0281. The highest BCUT2D eigenvalue weighted by Crippen LogP contribution is 2.37. The molecule has 1 saturated heterocycles. The maximum Gasteiger partial charge on any atom is 0.327 e. The summed E-state index contributed by atoms with van der Waals surface area (Å²) in [5.41, 5.74) is 16.0. The normalized spacial score (nSPS) is 12.2. The molecule has 1 aliphatic rings. The predicted molar refractivity (Wildman–Crippen MR) is 535 cm³/mol. The number of aryl methyl sites for hydroxylation is 2. The molecule has 1 fully saturated rings. The Bertz CT molecular complexity index is 7480. The van der Waals surface area contributed by atoms with Gasteiger partial charge in [0.1, 0.15) is 34.2 Å². The van der Waals surface area contributed by atoms with Crippen molar-refractivity contribution in [1.29, 1.82) is 10.5 Å². The molecule has 15 aromatic heterocycles. The lowest BCUT2D eigenvalue weighted by atomic mass is 10.1. The first-order valence-corrected chi connectivity index (χ1v) is 47.2. The number of morpholine rings is 1. The van der Waals surface area contributed by atoms with Gasteiger partial charge in [0.25, 0.3) is 5.91 Å². The Morgan fingerprint density at radius 3 is 1.42 bits per heavy atom. The lowest BCUT2D eigenvalue weighted by Gasteiger charge is -2.31. The number of aromatic amines is 7. The minimum Gasteiger partial charge on any atom is -0.379 e. The minimum atomic E-state index is -0.670. The number of ether oxygens (including phenoxy) is 1. The Morgan fingerprint density at radius 2 is 0.926 bits per heavy atom. The highest BCUT2D eigenvalue weighted by Gasteiger charge is 2.29. The highest BCUT2D eigenvalue weighted by atomic mass is 79.9. The fourth-order valence-corrected chi connectivity index (χ4v) is 18.0. The Hall–Kier alpha value is -12.7. The molecule has 0 bridgehead atoms. The number of halogens is 7. The maximum absolute atomic E-state index is 12.7. The van der Waals surface area contributed by atoms with Crippen LogP contribution in [0.25, 0.3) is 78.1 Å². The zero-order valence-electron chi connectivity index (χ0n) is 77.1. The van der Waals surface area contributed by atoms with E-state index in [4.69, 9.17) is 98.2 Å². The van der Waals surface area contributed by atoms with E-state index in [2.05, 4.69) is 147 Å². The second kappa shape index (κ2) is 48.1. The number of aromatic nitrogens is 22. The quantitative estimate of drug-likeness (QED) is 0.0200. The van der Waals surface area contributed by atoms with Crippen LogP contribution in [-0.4, -0.2) is 163 Å². The molecule has 2 amide bonds. The fraction of sp³-hybridized carbons (Fsp3) is 0.402. The van der Waals surface area contributed by atoms with Gasteiger partial charge in [-0.2, -0.15) is 10.5 Å². The van der Waals surface area contributed by atoms with E-state index in [1.807, 2.05) is 84.2 Å². The van der Waals surface area contributed by atoms with Crippen LogP contribution < -0.4 is 50.9 Å². The number of primary amides is 1. The number of nitrogens with two attached hydrogens (primary N) is 1. The lowest BCUT2D eigenvalue weighted by molar-refractivity contribution is -0.119. The van der Waals surface area contributed by atoms with Crippen molar-refractivity contribution in [1.82, 2.24) is 117 Å². The first-order valence-electron chi connectivity index (χ1n) is 44.1. The summed E-state index contributed by atoms with van der Waals surface area (Å²) in [5, 5.41) is 22.4. The first kappa shape index (κ1) is 105. The number of nitriles is 2. The molecule has 44 heteroatoms. The van der Waals surface area contributed by atoms with Gasteiger partial charge in [-0.25, -0.2) is 68.4 Å². The molecule has 0 aliphatic carbocycles. The molecule has 16 rings (SSSR count). The number of amides is 2. The van der Waals surface area contributed by atoms with E-state index in [0.717, 1.165) is 127 Å². The van der Waals surface area contributed by atoms with E-state index < -0.39 is 11.6 Å². The van der Waals surface area contributed by atoms with E-state index in [1.54, 1.807) is 49.1 Å². The smallest absolute Gasteiger partial charge is 0.327 e. The molecule has 10 N–H and O–H groups in total. The van der Waals surface area contributed by atoms with Gasteiger partial charge in [0.05, 0.1) is 83.2 Å². The van der Waals surface area contributed by atoms with Crippen LogP contribution in [0.3, 0.4) is 0 Å². The van der Waals surface area contributed by atoms with Gasteiger partial charge in [0.2, 0.25) is 5.91 Å². The van der Waals surface area contributed by atoms with Gasteiger partial charge in [-0.15, -0.1) is 12.8 Å². The Morgan fingerprint density at radius 1 is 0.500 bits per heavy atom. The van der Waals surface area contributed by atoms with Crippen molar-refractivity contribution < 1.29 is 14.3 Å². The summed E-state index contributed by atoms with van der Waals surface area (Å²) in [4.78, 5) is 162. The van der Waals surface area contributed by atoms with Crippen molar-refractivity contribution in [3.05, 3.63) is 220 Å². The van der Waals surface area contributed by atoms with Crippen molar-refractivity contribution >= 4 is 175 Å². The molecule has 0 spiro atoms. The first-order chi connectivity index (χ1) is 65.2. The van der Waals surface area contributed by atoms with Crippen molar-refractivity contribution in [3.8, 4) is 36.8 Å². The van der Waals surface area contributed by atoms with Crippen molar-refractivity contribution in [3.63, 3.8) is 0 Å². The highest BCUT2D eigenvalue weighted by molar-refractivity contribution is 9.10. The van der Waals surface area contributed by atoms with Gasteiger partial charge in [0, 0.05) is 135 Å². The van der Waals surface area contributed by atoms with Gasteiger partial charge in [0.15, 0.2) is 44.7 Å². The monoisotopic (exact) mass is 2040 g/mol. The van der Waals surface area contributed by atoms with Gasteiger partial charge in [-0.05, 0) is 123 Å². The van der Waals surface area contributed by atoms with E-state index in [9.17, 15) is 48.4 Å². The number of H-pyrrole nitrogens is 7. The second-order valence-corrected chi connectivity index (χ2v) is 34.7. The zero-order valence-corrected chi connectivity index (χ0v) is 83.2. The van der Waals surface area contributed by atoms with E-state index in [-0.39, 0.29) is 126 Å². The van der Waals surface area contributed by atoms with Crippen molar-refractivity contribution in [2.75, 3.05) is 39.4 Å². The van der Waals surface area contributed by atoms with E-state index in [1.165, 1.54) is 34.6 Å². The molecular formula is C92H104BrCl6N27O10. The predicted octanol–water partition coefficient (Wildman–Crippen LogP) is 15.6. The molecule has 0 radical (unpaired) electrons. The number of hydrogen-bond acceptors (Lipinski definition) is 21. The summed E-state index contributed by atoms with van der Waals surface area (Å²) in [5.74, 6) is 4.18. The standard InChI is InChI=1S/C18H20ClN5O2.C14H14N4O.C14H17N3O.C12H16BrN3O.C12H15ClN4O2.C11H12Cl3N3O.C11H10ClN5O2/c19-13-9-16-17(21-11-13)22-18(25)24(16)15(10-14-3-1-2-4-20-14)12-23-5-7-26-8-6-23;1-4-9-8-16-13-12(11(9)7-15)18(14(19)17-13)10(5-2)6-3;1-5-10-8-15-13-12(9(10)4)17(14(18)16-13)11(6-2)7-3;1-4-8(5-2)16-10-7(3)9(13)6-14-11(10)15-12(16)17;1-3-6(4-2)17-9-8(10(14)18)7(13)5-15-11(9)16-12(17)19;1-3-5(4-2)17-8-6(12)7(13)9(14)15-10(8)16-11(17)18;1-6(18)14-2-3-17-9-7(4-13)8(12)5-15-10(9)16-11(17)19/h1-4,9,11,15H,5-8,10,12H2,(H,21,22,25);1,8,10H,5-6H2,2-3H3,(H,16,17,19);1,8,11H,6-7H2,2-4H3,(H,15,16,18);6,8H,4-5H2,1-3H3,(H,14,15,17);5-6H,3-4H2,1-2H3,(H2,14,18)(H,15,16,19);5H,3-4H2,1-2H3,(H,15,16,18);5H,2-3H2,1H3,(H,14,18)(H,15,16,19)/t15-;;;;;;/m1....../s1. The number of terminal acetylenes is 2. The van der Waals surface area contributed by atoms with Gasteiger partial charge in [-0.1, -0.05) is 157 Å². The molecule has 37 nitrogen and oxygen atoms in total. The van der Waals surface area contributed by atoms with Gasteiger partial charge < -0.3 is 15.8 Å². The average Bonchev–Trinajstić information content (AvgIpc) is 1.55. The summed E-state index contributed by atoms with van der Waals surface area (Å²) >= 11 is 39.4. The SMILES string of the molecule is C#Cc1cnc2[nH]c(=O)n(C(CC)CC)c2c1C.C#Cc1cnc2[nH]c(=O)n(C(CC)CC)c2c1C#N.CC(=O)NCCn1c(=O)[nH]c2ncc(Cl)c(C#N)c21.CCC(CC)n1c(=O)[nH]c2nc(Cl)c(Cl)c(Cl)c21.CCC(CC)n1c(=O)[nH]c2ncc(Br)c(C)c21.CCC(CC)n1c(=O)[nH]c2ncc(Cl)c(C(N)=O)c21.O=c1[nH]c2ncc(Cl)cc2n1[C@H](Cc1ccccn1)CN1CCOCC1. The molecule has 15 aromatic rings. The van der Waals surface area contributed by atoms with E-state index >= 15 is 0 Å². The zero-order chi connectivity index (χ0) is 99.4. The summed E-state index contributed by atoms with van der Waals surface area (Å²) in [6.45, 7) is 30.0. The van der Waals surface area contributed by atoms with Crippen LogP contribution in [0.4, 0.5) is 0 Å². The number of carbonyl (C=O) groups excluding carboxylic acids is 2. The summed E-state index contributed by atoms with van der Waals surface area (Å²) < 4.78 is 17.8. The molecule has 0 aromatic carbocycles. The summed E-state index contributed by atoms with van der Waals surface area (Å²) in [6, 6.07) is 12.0. The fourth-order valence-electron chi connectivity index (χ4n) is 16.5. The lowest BCUT2D eigenvalue weighted by Crippen LogP contribution is -2.41. The molecule has 1 atom stereocenters. The van der Waals surface area contributed by atoms with Crippen LogP contribution in [0.5, 0.6) is 0 Å². The number of hydrogen-bond donors (Lipinski definition) is 9. The Balaban J connectivity index is 0.000000165. The van der Waals surface area contributed by atoms with Crippen LogP contribution in [0.15, 0.2) is 106 Å². The van der Waals surface area contributed by atoms with E-state index in [0.29, 0.717) is 97.4 Å². The third-order valence-electron chi connectivity index (χ3n) is 23.5. The third-order valence-corrected chi connectivity index (χ3v) is 26.3. The van der Waals surface area contributed by atoms with Crippen molar-refractivity contribution in [2.45, 2.75) is 203 Å². The van der Waals surface area contributed by atoms with Crippen LogP contribution in [-0.2, 0) is 22.5 Å². The molecule has 136 heavy (non-hydrogen) atoms.